The van der Waals surface area contributed by atoms with Crippen LogP contribution in [0.5, 0.6) is 0 Å². The van der Waals surface area contributed by atoms with E-state index >= 15 is 0 Å². The smallest absolute Gasteiger partial charge is 0.286 e. The lowest BCUT2D eigenvalue weighted by molar-refractivity contribution is 0.1000. The third-order valence-corrected chi connectivity index (χ3v) is 13.0. The molecular formula is C20H32N2O2Si2. The largest absolute Gasteiger partial charge is 0.426 e. The highest BCUT2D eigenvalue weighted by Crippen LogP contribution is 2.30. The summed E-state index contributed by atoms with van der Waals surface area (Å²) in [5.41, 5.74) is 1.33. The Balaban J connectivity index is 3.12. The van der Waals surface area contributed by atoms with Crippen LogP contribution in [0.4, 0.5) is 0 Å². The molecule has 0 aliphatic rings. The fourth-order valence-electron chi connectivity index (χ4n) is 3.86. The first kappa shape index (κ1) is 22.3. The average molecular weight is 389 g/mol. The van der Waals surface area contributed by atoms with Gasteiger partial charge in [0.05, 0.1) is 19.0 Å². The number of nitrogens with zero attached hydrogens (tertiary/aromatic N) is 2. The minimum absolute atomic E-state index is 0.277. The van der Waals surface area contributed by atoms with Gasteiger partial charge in [-0.25, -0.2) is 0 Å². The Morgan fingerprint density at radius 3 is 1.62 bits per heavy atom. The maximum absolute atomic E-state index is 9.17. The summed E-state index contributed by atoms with van der Waals surface area (Å²) in [7, 11) is -1.42. The predicted molar refractivity (Wildman–Crippen MR) is 111 cm³/mol. The van der Waals surface area contributed by atoms with Crippen LogP contribution in [-0.2, 0) is 15.9 Å². The Bertz CT molecular complexity index is 568. The Hall–Kier alpha value is -1.77. The maximum atomic E-state index is 9.17. The summed E-state index contributed by atoms with van der Waals surface area (Å²) < 4.78 is 11.2. The molecule has 0 N–H and O–H groups in total. The van der Waals surface area contributed by atoms with Gasteiger partial charge in [-0.1, -0.05) is 58.0 Å². The van der Waals surface area contributed by atoms with Crippen molar-refractivity contribution in [1.82, 2.24) is 0 Å². The molecule has 0 radical (unpaired) electrons. The molecule has 1 rings (SSSR count). The SMILES string of the molecule is CCC(CC)(OC#N)[SiH2]C(Cc1ccccc1)[SiH2]C(CC)(CC)OC#N. The zero-order chi connectivity index (χ0) is 19.5. The van der Waals surface area contributed by atoms with E-state index in [2.05, 4.69) is 52.0 Å². The molecular weight excluding hydrogens is 356 g/mol. The van der Waals surface area contributed by atoms with Crippen LogP contribution in [0.25, 0.3) is 0 Å². The van der Waals surface area contributed by atoms with Gasteiger partial charge in [0.2, 0.25) is 0 Å². The van der Waals surface area contributed by atoms with E-state index in [0.717, 1.165) is 32.1 Å². The topological polar surface area (TPSA) is 66.0 Å². The van der Waals surface area contributed by atoms with Crippen molar-refractivity contribution in [2.75, 3.05) is 0 Å². The molecule has 0 unspecified atom stereocenters. The molecule has 0 spiro atoms. The molecule has 0 saturated heterocycles. The lowest BCUT2D eigenvalue weighted by Crippen LogP contribution is -2.47. The molecule has 0 atom stereocenters. The molecule has 4 nitrogen and oxygen atoms in total. The van der Waals surface area contributed by atoms with Crippen LogP contribution >= 0.6 is 0 Å². The highest BCUT2D eigenvalue weighted by Gasteiger charge is 2.38. The molecule has 1 aromatic rings. The summed E-state index contributed by atoms with van der Waals surface area (Å²) in [6.07, 6.45) is 8.40. The van der Waals surface area contributed by atoms with E-state index < -0.39 is 19.0 Å². The van der Waals surface area contributed by atoms with E-state index in [1.54, 1.807) is 0 Å². The summed E-state index contributed by atoms with van der Waals surface area (Å²) in [5.74, 6) is 0. The predicted octanol–water partition coefficient (Wildman–Crippen LogP) is 3.34. The van der Waals surface area contributed by atoms with E-state index in [-0.39, 0.29) is 10.4 Å². The van der Waals surface area contributed by atoms with Crippen molar-refractivity contribution < 1.29 is 9.47 Å². The van der Waals surface area contributed by atoms with Gasteiger partial charge in [-0.2, -0.15) is 10.5 Å². The van der Waals surface area contributed by atoms with Gasteiger partial charge in [-0.05, 0) is 42.8 Å². The van der Waals surface area contributed by atoms with Crippen molar-refractivity contribution in [3.05, 3.63) is 35.9 Å². The van der Waals surface area contributed by atoms with E-state index in [4.69, 9.17) is 20.0 Å². The van der Waals surface area contributed by atoms with Gasteiger partial charge in [-0.3, -0.25) is 0 Å². The third-order valence-electron chi connectivity index (χ3n) is 5.79. The normalized spacial score (nSPS) is 13.6. The monoisotopic (exact) mass is 388 g/mol. The second kappa shape index (κ2) is 11.1. The minimum atomic E-state index is -0.710. The van der Waals surface area contributed by atoms with Gasteiger partial charge in [0.25, 0.3) is 12.5 Å². The first-order valence-corrected chi connectivity index (χ1v) is 12.7. The first-order chi connectivity index (χ1) is 12.5. The lowest BCUT2D eigenvalue weighted by atomic mass is 10.2. The molecule has 0 amide bonds. The van der Waals surface area contributed by atoms with Crippen LogP contribution < -0.4 is 0 Å². The van der Waals surface area contributed by atoms with Crippen LogP contribution in [0.15, 0.2) is 30.3 Å². The lowest BCUT2D eigenvalue weighted by Gasteiger charge is -2.36. The highest BCUT2D eigenvalue weighted by molar-refractivity contribution is 6.62. The third kappa shape index (κ3) is 6.19. The van der Waals surface area contributed by atoms with Crippen LogP contribution in [0, 0.1) is 23.0 Å². The fourth-order valence-corrected chi connectivity index (χ4v) is 12.1. The van der Waals surface area contributed by atoms with Crippen LogP contribution in [0.3, 0.4) is 0 Å². The van der Waals surface area contributed by atoms with Crippen molar-refractivity contribution in [3.63, 3.8) is 0 Å². The summed E-state index contributed by atoms with van der Waals surface area (Å²) >= 11 is 0. The quantitative estimate of drug-likeness (QED) is 0.407. The molecule has 0 aliphatic carbocycles. The fraction of sp³-hybridized carbons (Fsp3) is 0.600. The van der Waals surface area contributed by atoms with Crippen LogP contribution in [-0.4, -0.2) is 29.5 Å². The number of rotatable bonds is 12. The van der Waals surface area contributed by atoms with E-state index in [0.29, 0.717) is 5.16 Å². The van der Waals surface area contributed by atoms with Gasteiger partial charge in [0.1, 0.15) is 10.4 Å². The van der Waals surface area contributed by atoms with Gasteiger partial charge >= 0.3 is 0 Å². The molecule has 6 heteroatoms. The zero-order valence-corrected chi connectivity index (χ0v) is 19.5. The molecule has 142 valence electrons. The van der Waals surface area contributed by atoms with Crippen molar-refractivity contribution in [2.24, 2.45) is 0 Å². The highest BCUT2D eigenvalue weighted by atomic mass is 28.3. The average Bonchev–Trinajstić information content (AvgIpc) is 2.67. The molecule has 0 fully saturated rings. The molecule has 0 bridgehead atoms. The number of benzene rings is 1. The Kier molecular flexibility index (Phi) is 9.47. The zero-order valence-electron chi connectivity index (χ0n) is 16.6. The second-order valence-electron chi connectivity index (χ2n) is 7.13. The van der Waals surface area contributed by atoms with Crippen molar-refractivity contribution in [3.8, 4) is 12.5 Å². The van der Waals surface area contributed by atoms with E-state index in [1.807, 2.05) is 18.6 Å². The number of hydrogen-bond acceptors (Lipinski definition) is 4. The number of hydrogen-bond donors (Lipinski definition) is 0. The first-order valence-electron chi connectivity index (χ1n) is 9.70. The minimum Gasteiger partial charge on any atom is -0.426 e. The number of ether oxygens (including phenoxy) is 2. The van der Waals surface area contributed by atoms with Gasteiger partial charge in [0, 0.05) is 0 Å². The Morgan fingerprint density at radius 2 is 1.27 bits per heavy atom. The van der Waals surface area contributed by atoms with Crippen LogP contribution in [0.1, 0.15) is 58.9 Å². The van der Waals surface area contributed by atoms with Gasteiger partial charge < -0.3 is 9.47 Å². The maximum Gasteiger partial charge on any atom is 0.286 e. The van der Waals surface area contributed by atoms with Gasteiger partial charge in [0.15, 0.2) is 0 Å². The van der Waals surface area contributed by atoms with Crippen molar-refractivity contribution >= 4 is 19.0 Å². The van der Waals surface area contributed by atoms with E-state index in [1.165, 1.54) is 5.56 Å². The number of nitriles is 2. The summed E-state index contributed by atoms with van der Waals surface area (Å²) in [6, 6.07) is 10.5. The molecule has 0 heterocycles. The summed E-state index contributed by atoms with van der Waals surface area (Å²) in [4.78, 5) is 0. The second-order valence-corrected chi connectivity index (χ2v) is 14.0. The standard InChI is InChI=1S/C20H32N2O2Si2/c1-5-19(6-2,23-15-21)25-18(14-17-12-10-9-11-13-17)26-20(7-3,8-4)24-16-22/h9-13,18H,5-8,14,25-26H2,1-4H3. The molecule has 0 aliphatic heterocycles. The summed E-state index contributed by atoms with van der Waals surface area (Å²) in [6.45, 7) is 8.47. The molecule has 0 saturated carbocycles. The Labute approximate surface area is 163 Å². The van der Waals surface area contributed by atoms with Crippen molar-refractivity contribution in [1.29, 1.82) is 10.5 Å². The molecule has 1 aromatic carbocycles. The Morgan fingerprint density at radius 1 is 0.846 bits per heavy atom. The van der Waals surface area contributed by atoms with Crippen molar-refractivity contribution in [2.45, 2.75) is 75.4 Å². The molecule has 0 aromatic heterocycles. The summed E-state index contributed by atoms with van der Waals surface area (Å²) in [5, 5.41) is 18.3. The van der Waals surface area contributed by atoms with E-state index in [9.17, 15) is 0 Å². The van der Waals surface area contributed by atoms with Crippen LogP contribution in [0.2, 0.25) is 5.16 Å². The van der Waals surface area contributed by atoms with Gasteiger partial charge in [-0.15, -0.1) is 0 Å². The molecule has 26 heavy (non-hydrogen) atoms.